The van der Waals surface area contributed by atoms with Gasteiger partial charge in [-0.2, -0.15) is 12.6 Å². The molecule has 0 aromatic heterocycles. The monoisotopic (exact) mass is 346 g/mol. The third-order valence-electron chi connectivity index (χ3n) is 4.56. The fourth-order valence-electron chi connectivity index (χ4n) is 2.95. The molecule has 0 saturated carbocycles. The molecule has 0 saturated heterocycles. The SMILES string of the molecule is CCCCCCCCCCCCCCCCC(CS)C(O)=[O+][O-]. The van der Waals surface area contributed by atoms with Crippen LogP contribution in [0.25, 0.3) is 0 Å². The Morgan fingerprint density at radius 1 is 0.826 bits per heavy atom. The summed E-state index contributed by atoms with van der Waals surface area (Å²) in [5, 5.41) is 19.4. The van der Waals surface area contributed by atoms with Crippen molar-refractivity contribution in [2.24, 2.45) is 5.92 Å². The van der Waals surface area contributed by atoms with Gasteiger partial charge in [-0.3, -0.25) is 4.58 Å². The molecule has 0 bridgehead atoms. The Kier molecular flexibility index (Phi) is 17.7. The van der Waals surface area contributed by atoms with E-state index in [-0.39, 0.29) is 5.92 Å². The predicted octanol–water partition coefficient (Wildman–Crippen LogP) is 5.30. The van der Waals surface area contributed by atoms with E-state index in [1.165, 1.54) is 77.0 Å². The number of aliphatic carboxylic acids is 1. The fraction of sp³-hybridized carbons (Fsp3) is 0.947. The molecule has 0 amide bonds. The largest absolute Gasteiger partial charge is 0.588 e. The summed E-state index contributed by atoms with van der Waals surface area (Å²) in [6.07, 6.45) is 19.4. The molecule has 0 aliphatic heterocycles. The quantitative estimate of drug-likeness (QED) is 0.123. The molecule has 0 aromatic carbocycles. The van der Waals surface area contributed by atoms with E-state index in [0.717, 1.165) is 19.3 Å². The average molecular weight is 347 g/mol. The Morgan fingerprint density at radius 3 is 1.57 bits per heavy atom. The second-order valence-electron chi connectivity index (χ2n) is 6.69. The summed E-state index contributed by atoms with van der Waals surface area (Å²) in [4.78, 5) is 0. The maximum Gasteiger partial charge on any atom is 0.499 e. The molecular formula is C19H38O3S. The van der Waals surface area contributed by atoms with Gasteiger partial charge in [-0.1, -0.05) is 96.8 Å². The van der Waals surface area contributed by atoms with Crippen molar-refractivity contribution in [3.8, 4) is 0 Å². The Balaban J connectivity index is 3.22. The minimum atomic E-state index is -0.408. The van der Waals surface area contributed by atoms with Gasteiger partial charge in [0.05, 0.1) is 0 Å². The lowest BCUT2D eigenvalue weighted by atomic mass is 10.0. The van der Waals surface area contributed by atoms with Crippen LogP contribution < -0.4 is 5.26 Å². The zero-order valence-corrected chi connectivity index (χ0v) is 16.0. The third-order valence-corrected chi connectivity index (χ3v) is 5.00. The molecule has 0 spiro atoms. The number of hydrogen-bond acceptors (Lipinski definition) is 2. The van der Waals surface area contributed by atoms with E-state index in [0.29, 0.717) is 5.75 Å². The average Bonchev–Trinajstić information content (AvgIpc) is 2.58. The van der Waals surface area contributed by atoms with Crippen LogP contribution in [-0.2, 0) is 4.58 Å². The van der Waals surface area contributed by atoms with Gasteiger partial charge in [0.2, 0.25) is 0 Å². The molecule has 23 heavy (non-hydrogen) atoms. The van der Waals surface area contributed by atoms with Gasteiger partial charge in [0.15, 0.2) is 0 Å². The summed E-state index contributed by atoms with van der Waals surface area (Å²) in [6.45, 7) is 2.27. The highest BCUT2D eigenvalue weighted by Crippen LogP contribution is 2.15. The fourth-order valence-corrected chi connectivity index (χ4v) is 3.28. The highest BCUT2D eigenvalue weighted by atomic mass is 32.1. The van der Waals surface area contributed by atoms with E-state index in [1.807, 2.05) is 0 Å². The van der Waals surface area contributed by atoms with Crippen LogP contribution in [0.3, 0.4) is 0 Å². The first-order valence-corrected chi connectivity index (χ1v) is 10.4. The van der Waals surface area contributed by atoms with E-state index in [1.54, 1.807) is 0 Å². The molecule has 138 valence electrons. The Morgan fingerprint density at radius 2 is 1.22 bits per heavy atom. The number of carboxylic acid groups (broad SMARTS) is 1. The summed E-state index contributed by atoms with van der Waals surface area (Å²) in [5.74, 6) is -0.158. The zero-order chi connectivity index (χ0) is 17.2. The summed E-state index contributed by atoms with van der Waals surface area (Å²) in [7, 11) is 0. The van der Waals surface area contributed by atoms with E-state index in [4.69, 9.17) is 0 Å². The zero-order valence-electron chi connectivity index (χ0n) is 15.1. The van der Waals surface area contributed by atoms with Crippen LogP contribution in [0.4, 0.5) is 0 Å². The van der Waals surface area contributed by atoms with Gasteiger partial charge in [-0.15, -0.1) is 0 Å². The Labute approximate surface area is 148 Å². The third kappa shape index (κ3) is 14.9. The molecule has 0 fully saturated rings. The van der Waals surface area contributed by atoms with E-state index < -0.39 is 5.97 Å². The molecular weight excluding hydrogens is 308 g/mol. The van der Waals surface area contributed by atoms with E-state index >= 15 is 0 Å². The molecule has 0 rings (SSSR count). The first kappa shape index (κ1) is 22.6. The molecule has 1 atom stereocenters. The minimum absolute atomic E-state index is 0.215. The van der Waals surface area contributed by atoms with Crippen molar-refractivity contribution in [3.05, 3.63) is 0 Å². The molecule has 4 heteroatoms. The highest BCUT2D eigenvalue weighted by Gasteiger charge is 2.22. The lowest BCUT2D eigenvalue weighted by molar-refractivity contribution is -1.05. The molecule has 0 heterocycles. The molecule has 3 nitrogen and oxygen atoms in total. The second-order valence-corrected chi connectivity index (χ2v) is 7.05. The Bertz CT molecular complexity index is 269. The minimum Gasteiger partial charge on any atom is -0.588 e. The van der Waals surface area contributed by atoms with Gasteiger partial charge in [0.1, 0.15) is 5.92 Å². The van der Waals surface area contributed by atoms with Gasteiger partial charge in [0, 0.05) is 5.75 Å². The van der Waals surface area contributed by atoms with Crippen molar-refractivity contribution in [1.82, 2.24) is 0 Å². The predicted molar refractivity (Wildman–Crippen MR) is 99.9 cm³/mol. The van der Waals surface area contributed by atoms with E-state index in [2.05, 4.69) is 24.1 Å². The summed E-state index contributed by atoms with van der Waals surface area (Å²) < 4.78 is 3.65. The van der Waals surface area contributed by atoms with Crippen molar-refractivity contribution in [2.45, 2.75) is 103 Å². The molecule has 0 aliphatic rings. The standard InChI is InChI=1S/C19H38O3S/c1-2-3-4-5-6-7-8-9-10-11-12-13-14-15-16-18(17-23)19(20)22-21/h18,20,23H,2-17H2,1H3. The number of thiol groups is 1. The van der Waals surface area contributed by atoms with Crippen molar-refractivity contribution in [3.63, 3.8) is 0 Å². The number of unbranched alkanes of at least 4 members (excludes halogenated alkanes) is 13. The van der Waals surface area contributed by atoms with Crippen LogP contribution >= 0.6 is 12.6 Å². The van der Waals surface area contributed by atoms with Crippen molar-refractivity contribution >= 4 is 18.6 Å². The Hall–Kier alpha value is -0.380. The first-order valence-electron chi connectivity index (χ1n) is 9.72. The van der Waals surface area contributed by atoms with Gasteiger partial charge >= 0.3 is 5.97 Å². The van der Waals surface area contributed by atoms with Crippen molar-refractivity contribution in [2.75, 3.05) is 5.75 Å². The smallest absolute Gasteiger partial charge is 0.499 e. The molecule has 1 unspecified atom stereocenters. The molecule has 0 aromatic rings. The number of aliphatic hydroxyl groups excluding tert-OH is 1. The van der Waals surface area contributed by atoms with Gasteiger partial charge in [0.25, 0.3) is 0 Å². The van der Waals surface area contributed by atoms with Crippen molar-refractivity contribution < 1.29 is 14.9 Å². The van der Waals surface area contributed by atoms with Crippen LogP contribution in [0, 0.1) is 5.92 Å². The molecule has 1 N–H and O–H groups in total. The summed E-state index contributed by atoms with van der Waals surface area (Å²) in [5.41, 5.74) is 0. The summed E-state index contributed by atoms with van der Waals surface area (Å²) >= 11 is 4.13. The van der Waals surface area contributed by atoms with Gasteiger partial charge < -0.3 is 10.4 Å². The second kappa shape index (κ2) is 18.0. The van der Waals surface area contributed by atoms with Crippen LogP contribution in [0.15, 0.2) is 0 Å². The van der Waals surface area contributed by atoms with Crippen LogP contribution in [0.2, 0.25) is 0 Å². The number of carboxylic acids is 1. The lowest BCUT2D eigenvalue weighted by Gasteiger charge is -2.06. The maximum atomic E-state index is 10.2. The number of rotatable bonds is 17. The lowest BCUT2D eigenvalue weighted by Crippen LogP contribution is -2.21. The first-order chi connectivity index (χ1) is 11.3. The molecule has 0 aliphatic carbocycles. The van der Waals surface area contributed by atoms with Crippen LogP contribution in [0.1, 0.15) is 103 Å². The van der Waals surface area contributed by atoms with Gasteiger partial charge in [-0.05, 0) is 6.42 Å². The van der Waals surface area contributed by atoms with E-state index in [9.17, 15) is 10.4 Å². The van der Waals surface area contributed by atoms with Crippen molar-refractivity contribution in [1.29, 1.82) is 0 Å². The van der Waals surface area contributed by atoms with Crippen LogP contribution in [0.5, 0.6) is 0 Å². The maximum absolute atomic E-state index is 10.2. The van der Waals surface area contributed by atoms with Gasteiger partial charge in [-0.25, -0.2) is 0 Å². The number of hydrogen-bond donors (Lipinski definition) is 2. The highest BCUT2D eigenvalue weighted by molar-refractivity contribution is 7.80. The normalized spacial score (nSPS) is 13.4. The topological polar surface area (TPSA) is 54.6 Å². The summed E-state index contributed by atoms with van der Waals surface area (Å²) in [6, 6.07) is 0. The van der Waals surface area contributed by atoms with Crippen LogP contribution in [-0.4, -0.2) is 16.8 Å². The molecule has 0 radical (unpaired) electrons.